The van der Waals surface area contributed by atoms with Gasteiger partial charge in [-0.2, -0.15) is 0 Å². The fourth-order valence-corrected chi connectivity index (χ4v) is 2.44. The van der Waals surface area contributed by atoms with Gasteiger partial charge in [0.1, 0.15) is 16.5 Å². The summed E-state index contributed by atoms with van der Waals surface area (Å²) in [5, 5.41) is 0.953. The van der Waals surface area contributed by atoms with Crippen molar-refractivity contribution in [3.63, 3.8) is 0 Å². The van der Waals surface area contributed by atoms with Crippen molar-refractivity contribution < 1.29 is 4.74 Å². The number of benzene rings is 2. The lowest BCUT2D eigenvalue weighted by atomic mass is 10.2. The maximum absolute atomic E-state index is 6.07. The van der Waals surface area contributed by atoms with Crippen molar-refractivity contribution >= 4 is 56.3 Å². The van der Waals surface area contributed by atoms with Crippen LogP contribution in [0.4, 0.5) is 0 Å². The number of nitrogens with two attached hydrogens (primary N) is 1. The Kier molecular flexibility index (Phi) is 4.68. The van der Waals surface area contributed by atoms with Gasteiger partial charge >= 0.3 is 0 Å². The van der Waals surface area contributed by atoms with E-state index in [2.05, 4.69) is 15.9 Å². The molecular weight excluding hydrogens is 369 g/mol. The molecule has 2 aromatic rings. The Balaban J connectivity index is 2.31. The molecule has 2 rings (SSSR count). The molecule has 6 heteroatoms. The summed E-state index contributed by atoms with van der Waals surface area (Å²) in [4.78, 5) is 0.247. The number of thiocarbonyl (C=S) groups is 1. The van der Waals surface area contributed by atoms with E-state index in [0.29, 0.717) is 27.1 Å². The quantitative estimate of drug-likeness (QED) is 0.749. The van der Waals surface area contributed by atoms with E-state index >= 15 is 0 Å². The molecule has 0 radical (unpaired) electrons. The van der Waals surface area contributed by atoms with E-state index in [1.54, 1.807) is 30.3 Å². The average Bonchev–Trinajstić information content (AvgIpc) is 2.33. The molecule has 0 unspecified atom stereocenters. The minimum Gasteiger partial charge on any atom is -0.456 e. The van der Waals surface area contributed by atoms with E-state index in [0.717, 1.165) is 4.47 Å². The number of ether oxygens (including phenoxy) is 1. The van der Waals surface area contributed by atoms with E-state index in [-0.39, 0.29) is 4.99 Å². The molecule has 0 aliphatic carbocycles. The molecule has 0 aliphatic rings. The number of rotatable bonds is 3. The Morgan fingerprint density at radius 3 is 2.47 bits per heavy atom. The van der Waals surface area contributed by atoms with Crippen molar-refractivity contribution in [3.8, 4) is 11.5 Å². The third-order valence-corrected chi connectivity index (χ3v) is 3.67. The van der Waals surface area contributed by atoms with E-state index in [4.69, 9.17) is 45.9 Å². The maximum atomic E-state index is 6.07. The van der Waals surface area contributed by atoms with Gasteiger partial charge in [-0.1, -0.05) is 51.3 Å². The zero-order chi connectivity index (χ0) is 14.0. The predicted molar refractivity (Wildman–Crippen MR) is 86.6 cm³/mol. The fraction of sp³-hybridized carbons (Fsp3) is 0. The van der Waals surface area contributed by atoms with Crippen LogP contribution in [0.3, 0.4) is 0 Å². The van der Waals surface area contributed by atoms with E-state index < -0.39 is 0 Å². The highest BCUT2D eigenvalue weighted by molar-refractivity contribution is 9.10. The molecule has 19 heavy (non-hydrogen) atoms. The van der Waals surface area contributed by atoms with E-state index in [1.807, 2.05) is 6.07 Å². The minimum absolute atomic E-state index is 0.247. The number of halogens is 3. The molecule has 0 atom stereocenters. The maximum Gasteiger partial charge on any atom is 0.147 e. The van der Waals surface area contributed by atoms with Gasteiger partial charge in [0.05, 0.1) is 10.0 Å². The molecular formula is C13H8BrCl2NOS. The van der Waals surface area contributed by atoms with Gasteiger partial charge < -0.3 is 10.5 Å². The molecule has 0 heterocycles. The van der Waals surface area contributed by atoms with Gasteiger partial charge in [0.2, 0.25) is 0 Å². The first-order valence-corrected chi connectivity index (χ1v) is 7.15. The summed E-state index contributed by atoms with van der Waals surface area (Å²) in [5.41, 5.74) is 6.16. The lowest BCUT2D eigenvalue weighted by molar-refractivity contribution is 0.482. The molecule has 0 saturated carbocycles. The van der Waals surface area contributed by atoms with Gasteiger partial charge in [-0.3, -0.25) is 0 Å². The normalized spacial score (nSPS) is 10.3. The summed E-state index contributed by atoms with van der Waals surface area (Å²) in [6.07, 6.45) is 0. The van der Waals surface area contributed by atoms with Crippen LogP contribution in [0.2, 0.25) is 10.0 Å². The molecule has 0 aliphatic heterocycles. The molecule has 0 saturated heterocycles. The second-order valence-corrected chi connectivity index (χ2v) is 5.85. The summed E-state index contributed by atoms with van der Waals surface area (Å²) in [7, 11) is 0. The van der Waals surface area contributed by atoms with Crippen LogP contribution < -0.4 is 10.5 Å². The second-order valence-electron chi connectivity index (χ2n) is 3.68. The average molecular weight is 377 g/mol. The fourth-order valence-electron chi connectivity index (χ4n) is 1.44. The van der Waals surface area contributed by atoms with Crippen molar-refractivity contribution in [1.82, 2.24) is 0 Å². The first-order chi connectivity index (χ1) is 8.97. The molecule has 98 valence electrons. The van der Waals surface area contributed by atoms with Crippen LogP contribution >= 0.6 is 51.3 Å². The highest BCUT2D eigenvalue weighted by Gasteiger charge is 2.08. The van der Waals surface area contributed by atoms with Crippen LogP contribution in [0.15, 0.2) is 40.9 Å². The van der Waals surface area contributed by atoms with Crippen molar-refractivity contribution in [1.29, 1.82) is 0 Å². The largest absolute Gasteiger partial charge is 0.456 e. The molecule has 0 amide bonds. The van der Waals surface area contributed by atoms with Gasteiger partial charge in [0.25, 0.3) is 0 Å². The Bertz CT molecular complexity index is 649. The Morgan fingerprint density at radius 1 is 1.11 bits per heavy atom. The van der Waals surface area contributed by atoms with Crippen molar-refractivity contribution in [3.05, 3.63) is 56.5 Å². The van der Waals surface area contributed by atoms with Crippen LogP contribution in [0.1, 0.15) is 5.56 Å². The topological polar surface area (TPSA) is 35.2 Å². The summed E-state index contributed by atoms with van der Waals surface area (Å²) in [5.74, 6) is 1.10. The van der Waals surface area contributed by atoms with Crippen LogP contribution in [0.5, 0.6) is 11.5 Å². The van der Waals surface area contributed by atoms with Crippen LogP contribution in [0, 0.1) is 0 Å². The van der Waals surface area contributed by atoms with Gasteiger partial charge in [-0.25, -0.2) is 0 Å². The summed E-state index contributed by atoms with van der Waals surface area (Å²) < 4.78 is 6.55. The summed E-state index contributed by atoms with van der Waals surface area (Å²) in [6, 6.07) is 10.4. The van der Waals surface area contributed by atoms with E-state index in [1.165, 1.54) is 0 Å². The molecule has 0 fully saturated rings. The highest BCUT2D eigenvalue weighted by atomic mass is 79.9. The van der Waals surface area contributed by atoms with E-state index in [9.17, 15) is 0 Å². The minimum atomic E-state index is 0.247. The first-order valence-electron chi connectivity index (χ1n) is 5.19. The van der Waals surface area contributed by atoms with Gasteiger partial charge in [0, 0.05) is 16.1 Å². The smallest absolute Gasteiger partial charge is 0.147 e. The van der Waals surface area contributed by atoms with Crippen LogP contribution in [-0.2, 0) is 0 Å². The number of hydrogen-bond donors (Lipinski definition) is 1. The van der Waals surface area contributed by atoms with Gasteiger partial charge in [0.15, 0.2) is 0 Å². The first kappa shape index (κ1) is 14.6. The second kappa shape index (κ2) is 6.09. The molecule has 0 spiro atoms. The zero-order valence-electron chi connectivity index (χ0n) is 9.49. The SMILES string of the molecule is NC(=S)c1ccc(Oc2cc(Br)ccc2Cl)cc1Cl. The van der Waals surface area contributed by atoms with Gasteiger partial charge in [-0.15, -0.1) is 0 Å². The third-order valence-electron chi connectivity index (χ3n) is 2.33. The predicted octanol–water partition coefficient (Wildman–Crippen LogP) is 5.18. The van der Waals surface area contributed by atoms with Crippen LogP contribution in [-0.4, -0.2) is 4.99 Å². The zero-order valence-corrected chi connectivity index (χ0v) is 13.4. The lowest BCUT2D eigenvalue weighted by Gasteiger charge is -2.10. The molecule has 0 bridgehead atoms. The standard InChI is InChI=1S/C13H8BrCl2NOS/c14-7-1-4-10(15)12(5-7)18-8-2-3-9(13(17)19)11(16)6-8/h1-6H,(H2,17,19). The summed E-state index contributed by atoms with van der Waals surface area (Å²) >= 11 is 20.4. The molecule has 2 nitrogen and oxygen atoms in total. The third kappa shape index (κ3) is 3.60. The summed E-state index contributed by atoms with van der Waals surface area (Å²) in [6.45, 7) is 0. The van der Waals surface area contributed by atoms with Crippen molar-refractivity contribution in [2.45, 2.75) is 0 Å². The van der Waals surface area contributed by atoms with Gasteiger partial charge in [-0.05, 0) is 30.3 Å². The highest BCUT2D eigenvalue weighted by Crippen LogP contribution is 2.33. The van der Waals surface area contributed by atoms with Crippen LogP contribution in [0.25, 0.3) is 0 Å². The molecule has 2 N–H and O–H groups in total. The number of hydrogen-bond acceptors (Lipinski definition) is 2. The Hall–Kier alpha value is -0.810. The Labute approximate surface area is 134 Å². The molecule has 2 aromatic carbocycles. The van der Waals surface area contributed by atoms with Crippen molar-refractivity contribution in [2.24, 2.45) is 5.73 Å². The Morgan fingerprint density at radius 2 is 1.84 bits per heavy atom. The lowest BCUT2D eigenvalue weighted by Crippen LogP contribution is -2.09. The monoisotopic (exact) mass is 375 g/mol. The molecule has 0 aromatic heterocycles. The van der Waals surface area contributed by atoms with Crippen molar-refractivity contribution in [2.75, 3.05) is 0 Å².